The molecule has 4 N–H and O–H groups in total. The summed E-state index contributed by atoms with van der Waals surface area (Å²) in [7, 11) is 2.60. The molecule has 302 valence electrons. The summed E-state index contributed by atoms with van der Waals surface area (Å²) in [5.74, 6) is 1.84. The Hall–Kier alpha value is -5.66. The molecule has 1 unspecified atom stereocenters. The lowest BCUT2D eigenvalue weighted by Crippen LogP contribution is -2.52. The highest BCUT2D eigenvalue weighted by Crippen LogP contribution is 2.57. The van der Waals surface area contributed by atoms with Crippen molar-refractivity contribution in [2.24, 2.45) is 23.7 Å². The number of likely N-dealkylation sites (tertiary alicyclic amines) is 1. The van der Waals surface area contributed by atoms with Crippen molar-refractivity contribution >= 4 is 24.0 Å². The molecule has 7 atom stereocenters. The van der Waals surface area contributed by atoms with Crippen LogP contribution in [0.2, 0.25) is 0 Å². The van der Waals surface area contributed by atoms with Crippen molar-refractivity contribution in [1.29, 1.82) is 0 Å². The molecule has 14 heteroatoms. The van der Waals surface area contributed by atoms with Crippen molar-refractivity contribution < 1.29 is 28.7 Å². The highest BCUT2D eigenvalue weighted by Gasteiger charge is 2.61. The van der Waals surface area contributed by atoms with Crippen molar-refractivity contribution in [1.82, 2.24) is 40.4 Å². The maximum atomic E-state index is 13.9. The smallest absolute Gasteiger partial charge is 0.407 e. The van der Waals surface area contributed by atoms with Crippen molar-refractivity contribution in [2.75, 3.05) is 14.2 Å². The quantitative estimate of drug-likeness (QED) is 0.114. The second-order valence-electron chi connectivity index (χ2n) is 16.4. The van der Waals surface area contributed by atoms with E-state index in [0.29, 0.717) is 17.7 Å². The maximum absolute atomic E-state index is 13.9. The van der Waals surface area contributed by atoms with E-state index in [1.165, 1.54) is 14.2 Å². The van der Waals surface area contributed by atoms with Gasteiger partial charge in [-0.25, -0.2) is 19.6 Å². The van der Waals surface area contributed by atoms with Gasteiger partial charge in [0.1, 0.15) is 23.7 Å². The third kappa shape index (κ3) is 7.99. The fourth-order valence-corrected chi connectivity index (χ4v) is 8.39. The van der Waals surface area contributed by atoms with Crippen molar-refractivity contribution in [3.05, 3.63) is 72.3 Å². The number of methoxy groups -OCH3 is 2. The number of nitrogens with one attached hydrogen (secondary N) is 4. The number of hydrogen-bond acceptors (Lipinski definition) is 8. The molecule has 2 aromatic carbocycles. The van der Waals surface area contributed by atoms with Crippen molar-refractivity contribution in [3.8, 4) is 33.9 Å². The van der Waals surface area contributed by atoms with Gasteiger partial charge in [-0.3, -0.25) is 9.59 Å². The number of rotatable bonds is 13. The fourth-order valence-electron chi connectivity index (χ4n) is 8.39. The van der Waals surface area contributed by atoms with E-state index in [2.05, 4.69) is 56.8 Å². The second kappa shape index (κ2) is 16.1. The molecule has 3 fully saturated rings. The Morgan fingerprint density at radius 2 is 1.26 bits per heavy atom. The topological polar surface area (TPSA) is 175 Å². The normalized spacial score (nSPS) is 21.4. The number of nitrogens with zero attached hydrogens (tertiary/aromatic N) is 4. The molecule has 1 aliphatic heterocycles. The average molecular weight is 779 g/mol. The molecule has 3 aliphatic rings. The van der Waals surface area contributed by atoms with Gasteiger partial charge in [0.05, 0.1) is 50.1 Å². The highest BCUT2D eigenvalue weighted by atomic mass is 16.5. The molecule has 2 saturated carbocycles. The number of benzene rings is 2. The molecule has 4 aromatic rings. The first-order valence-electron chi connectivity index (χ1n) is 20.0. The Morgan fingerprint density at radius 1 is 0.754 bits per heavy atom. The number of aromatic amines is 2. The van der Waals surface area contributed by atoms with Gasteiger partial charge in [0.15, 0.2) is 0 Å². The van der Waals surface area contributed by atoms with Gasteiger partial charge in [0.2, 0.25) is 11.8 Å². The van der Waals surface area contributed by atoms with Crippen LogP contribution in [-0.4, -0.2) is 92.1 Å². The Kier molecular flexibility index (Phi) is 11.2. The van der Waals surface area contributed by atoms with E-state index in [1.54, 1.807) is 6.20 Å². The number of carbonyl (C=O) groups excluding carboxylic acids is 4. The first-order chi connectivity index (χ1) is 27.3. The SMILES string of the molecule is COC(=O)N[C@H](C(=O)N(C1CC1)[C@@H](C)c1cnc(-c2ccc(-c3ccc(-c4ncc([C@@H]5C[C@H]6C(C)[C@H]6N5C(=O)[C@@H](NC(=O)OC)C(C)C)[nH]4)cc3)cc2)[nH]1)C(C)C. The molecule has 0 bridgehead atoms. The number of carbonyl (C=O) groups is 4. The summed E-state index contributed by atoms with van der Waals surface area (Å²) in [6.45, 7) is 11.8. The Bertz CT molecular complexity index is 2090. The van der Waals surface area contributed by atoms with Crippen LogP contribution in [0.3, 0.4) is 0 Å². The minimum Gasteiger partial charge on any atom is -0.453 e. The zero-order chi connectivity index (χ0) is 40.7. The summed E-state index contributed by atoms with van der Waals surface area (Å²) in [6.07, 6.45) is 5.06. The monoisotopic (exact) mass is 778 g/mol. The van der Waals surface area contributed by atoms with Crippen LogP contribution in [-0.2, 0) is 19.1 Å². The van der Waals surface area contributed by atoms with Gasteiger partial charge in [-0.05, 0) is 61.0 Å². The number of piperidine rings is 1. The summed E-state index contributed by atoms with van der Waals surface area (Å²) >= 11 is 0. The van der Waals surface area contributed by atoms with Gasteiger partial charge < -0.3 is 39.9 Å². The van der Waals surface area contributed by atoms with Crippen molar-refractivity contribution in [3.63, 3.8) is 0 Å². The van der Waals surface area contributed by atoms with Gasteiger partial charge in [0, 0.05) is 23.2 Å². The van der Waals surface area contributed by atoms with Gasteiger partial charge >= 0.3 is 12.2 Å². The summed E-state index contributed by atoms with van der Waals surface area (Å²) in [6, 6.07) is 14.8. The molecule has 3 heterocycles. The molecule has 14 nitrogen and oxygen atoms in total. The number of imidazole rings is 2. The number of alkyl carbamates (subject to hydrolysis) is 2. The third-order valence-electron chi connectivity index (χ3n) is 12.0. The lowest BCUT2D eigenvalue weighted by molar-refractivity contribution is -0.138. The first kappa shape index (κ1) is 39.6. The fraction of sp³-hybridized carbons (Fsp3) is 0.488. The number of ether oxygens (including phenoxy) is 2. The Balaban J connectivity index is 1.02. The second-order valence-corrected chi connectivity index (χ2v) is 16.4. The van der Waals surface area contributed by atoms with Gasteiger partial charge in [0.25, 0.3) is 0 Å². The van der Waals surface area contributed by atoms with Crippen LogP contribution in [0.4, 0.5) is 9.59 Å². The summed E-state index contributed by atoms with van der Waals surface area (Å²) in [5, 5.41) is 5.47. The number of fused-ring (bicyclic) bond motifs is 1. The van der Waals surface area contributed by atoms with E-state index >= 15 is 0 Å². The molecule has 2 aromatic heterocycles. The minimum absolute atomic E-state index is 0.0934. The average Bonchev–Trinajstić information content (AvgIpc) is 3.87. The molecular weight excluding hydrogens is 725 g/mol. The molecule has 4 amide bonds. The molecule has 0 spiro atoms. The van der Waals surface area contributed by atoms with E-state index in [4.69, 9.17) is 14.5 Å². The highest BCUT2D eigenvalue weighted by molar-refractivity contribution is 5.88. The minimum atomic E-state index is -0.697. The maximum Gasteiger partial charge on any atom is 0.407 e. The van der Waals surface area contributed by atoms with Crippen LogP contribution >= 0.6 is 0 Å². The van der Waals surface area contributed by atoms with E-state index in [9.17, 15) is 19.2 Å². The van der Waals surface area contributed by atoms with Crippen LogP contribution in [0.25, 0.3) is 33.9 Å². The standard InChI is InChI=1S/C43H54N8O6/c1-22(2)35(48-42(54)56-7)40(52)50(30-17-18-30)25(6)32-20-44-38(46-32)28-13-9-26(10-14-28)27-11-15-29(16-12-27)39-45-21-33(47-39)34-19-31-24(5)37(31)51(34)41(53)36(23(3)4)49-43(55)57-8/h9-16,20-25,30-31,34-37H,17-19H2,1-8H3,(H,44,46)(H,45,47)(H,48,54)(H,49,55)/t24?,25-,31-,34-,35-,36-,37+/m0/s1. The number of H-pyrrole nitrogens is 2. The molecule has 57 heavy (non-hydrogen) atoms. The van der Waals surface area contributed by atoms with Crippen molar-refractivity contribution in [2.45, 2.75) is 97.1 Å². The molecule has 0 radical (unpaired) electrons. The zero-order valence-corrected chi connectivity index (χ0v) is 33.9. The van der Waals surface area contributed by atoms with Gasteiger partial charge in [-0.15, -0.1) is 0 Å². The van der Waals surface area contributed by atoms with Crippen LogP contribution in [0.15, 0.2) is 60.9 Å². The first-order valence-corrected chi connectivity index (χ1v) is 20.0. The van der Waals surface area contributed by atoms with E-state index < -0.39 is 24.3 Å². The molecular formula is C43H54N8O6. The number of amides is 4. The third-order valence-corrected chi connectivity index (χ3v) is 12.0. The predicted octanol–water partition coefficient (Wildman–Crippen LogP) is 6.85. The summed E-state index contributed by atoms with van der Waals surface area (Å²) in [4.78, 5) is 71.9. The van der Waals surface area contributed by atoms with E-state index in [1.807, 2.05) is 74.9 Å². The van der Waals surface area contributed by atoms with Crippen LogP contribution in [0.1, 0.15) is 84.3 Å². The summed E-state index contributed by atoms with van der Waals surface area (Å²) in [5.41, 5.74) is 5.64. The predicted molar refractivity (Wildman–Crippen MR) is 214 cm³/mol. The lowest BCUT2D eigenvalue weighted by atomic mass is 10.0. The molecule has 1 saturated heterocycles. The number of hydrogen-bond donors (Lipinski definition) is 4. The zero-order valence-electron chi connectivity index (χ0n) is 33.9. The largest absolute Gasteiger partial charge is 0.453 e. The van der Waals surface area contributed by atoms with E-state index in [0.717, 1.165) is 58.7 Å². The van der Waals surface area contributed by atoms with Gasteiger partial charge in [-0.1, -0.05) is 83.1 Å². The molecule has 7 rings (SSSR count). The van der Waals surface area contributed by atoms with Crippen LogP contribution in [0.5, 0.6) is 0 Å². The van der Waals surface area contributed by atoms with Gasteiger partial charge in [-0.2, -0.15) is 0 Å². The summed E-state index contributed by atoms with van der Waals surface area (Å²) < 4.78 is 9.60. The molecule has 2 aliphatic carbocycles. The Labute approximate surface area is 333 Å². The Morgan fingerprint density at radius 3 is 1.79 bits per heavy atom. The lowest BCUT2D eigenvalue weighted by Gasteiger charge is -2.33. The number of aromatic nitrogens is 4. The van der Waals surface area contributed by atoms with Crippen LogP contribution in [0, 0.1) is 23.7 Å². The van der Waals surface area contributed by atoms with E-state index in [-0.39, 0.29) is 47.8 Å². The van der Waals surface area contributed by atoms with Crippen LogP contribution < -0.4 is 10.6 Å².